The maximum atomic E-state index is 12.2. The third-order valence-corrected chi connectivity index (χ3v) is 3.31. The summed E-state index contributed by atoms with van der Waals surface area (Å²) < 4.78 is 5.45. The number of rotatable bonds is 4. The van der Waals surface area contributed by atoms with Crippen LogP contribution in [0.15, 0.2) is 24.3 Å². The molecule has 0 atom stereocenters. The van der Waals surface area contributed by atoms with Gasteiger partial charge in [-0.15, -0.1) is 0 Å². The smallest absolute Gasteiger partial charge is 0.255 e. The number of benzene rings is 1. The molecule has 1 aliphatic rings. The Hall–Kier alpha value is -1.84. The van der Waals surface area contributed by atoms with Crippen molar-refractivity contribution in [3.8, 4) is 5.75 Å². The van der Waals surface area contributed by atoms with Crippen LogP contribution < -0.4 is 10.1 Å². The normalized spacial score (nSPS) is 16.2. The number of para-hydroxylation sites is 1. The van der Waals surface area contributed by atoms with E-state index in [-0.39, 0.29) is 11.9 Å². The predicted octanol–water partition coefficient (Wildman–Crippen LogP) is 2.33. The molecule has 2 rings (SSSR count). The molecule has 0 bridgehead atoms. The molecule has 1 amide bonds. The van der Waals surface area contributed by atoms with Gasteiger partial charge >= 0.3 is 0 Å². The summed E-state index contributed by atoms with van der Waals surface area (Å²) in [5, 5.41) is 2.98. The molecule has 0 aliphatic heterocycles. The van der Waals surface area contributed by atoms with Crippen molar-refractivity contribution in [2.45, 2.75) is 38.6 Å². The molecule has 4 heteroatoms. The van der Waals surface area contributed by atoms with E-state index >= 15 is 0 Å². The minimum absolute atomic E-state index is 0.0971. The van der Waals surface area contributed by atoms with Gasteiger partial charge in [-0.3, -0.25) is 9.59 Å². The zero-order valence-electron chi connectivity index (χ0n) is 11.1. The van der Waals surface area contributed by atoms with Crippen molar-refractivity contribution >= 4 is 11.7 Å². The number of nitrogens with one attached hydrogen (secondary N) is 1. The number of carbonyl (C=O) groups excluding carboxylic acids is 2. The first-order valence-corrected chi connectivity index (χ1v) is 6.75. The van der Waals surface area contributed by atoms with Crippen molar-refractivity contribution in [2.24, 2.45) is 0 Å². The van der Waals surface area contributed by atoms with Crippen LogP contribution in [-0.4, -0.2) is 24.3 Å². The van der Waals surface area contributed by atoms with Gasteiger partial charge in [0.1, 0.15) is 11.5 Å². The van der Waals surface area contributed by atoms with Crippen molar-refractivity contribution in [1.29, 1.82) is 0 Å². The molecule has 1 saturated carbocycles. The summed E-state index contributed by atoms with van der Waals surface area (Å²) in [6.45, 7) is 2.42. The van der Waals surface area contributed by atoms with E-state index in [4.69, 9.17) is 4.74 Å². The van der Waals surface area contributed by atoms with Crippen LogP contribution in [0.3, 0.4) is 0 Å². The Kier molecular flexibility index (Phi) is 4.55. The average Bonchev–Trinajstić information content (AvgIpc) is 2.42. The van der Waals surface area contributed by atoms with Crippen molar-refractivity contribution in [3.05, 3.63) is 29.8 Å². The molecule has 1 aliphatic carbocycles. The fourth-order valence-electron chi connectivity index (χ4n) is 2.28. The summed E-state index contributed by atoms with van der Waals surface area (Å²) >= 11 is 0. The SMILES string of the molecule is CCOc1ccccc1C(=O)NC1CCC(=O)CC1. The number of hydrogen-bond acceptors (Lipinski definition) is 3. The fraction of sp³-hybridized carbons (Fsp3) is 0.467. The molecule has 1 aromatic carbocycles. The number of ether oxygens (including phenoxy) is 1. The lowest BCUT2D eigenvalue weighted by Gasteiger charge is -2.22. The second-order valence-electron chi connectivity index (χ2n) is 4.72. The number of ketones is 1. The quantitative estimate of drug-likeness (QED) is 0.905. The minimum atomic E-state index is -0.122. The van der Waals surface area contributed by atoms with Crippen molar-refractivity contribution in [1.82, 2.24) is 5.32 Å². The molecular formula is C15H19NO3. The highest BCUT2D eigenvalue weighted by Gasteiger charge is 2.21. The zero-order valence-corrected chi connectivity index (χ0v) is 11.1. The molecule has 1 fully saturated rings. The van der Waals surface area contributed by atoms with Gasteiger partial charge in [0.15, 0.2) is 0 Å². The Morgan fingerprint density at radius 2 is 2.00 bits per heavy atom. The lowest BCUT2D eigenvalue weighted by molar-refractivity contribution is -0.120. The van der Waals surface area contributed by atoms with Gasteiger partial charge < -0.3 is 10.1 Å². The molecule has 0 unspecified atom stereocenters. The molecular weight excluding hydrogens is 242 g/mol. The third-order valence-electron chi connectivity index (χ3n) is 3.31. The number of hydrogen-bond donors (Lipinski definition) is 1. The van der Waals surface area contributed by atoms with Crippen LogP contribution >= 0.6 is 0 Å². The van der Waals surface area contributed by atoms with Gasteiger partial charge in [-0.05, 0) is 31.9 Å². The topological polar surface area (TPSA) is 55.4 Å². The van der Waals surface area contributed by atoms with E-state index in [1.807, 2.05) is 19.1 Å². The maximum Gasteiger partial charge on any atom is 0.255 e. The molecule has 0 aromatic heterocycles. The van der Waals surface area contributed by atoms with E-state index in [1.54, 1.807) is 12.1 Å². The number of Topliss-reactive ketones (excluding diaryl/α,β-unsaturated/α-hetero) is 1. The van der Waals surface area contributed by atoms with E-state index in [0.717, 1.165) is 12.8 Å². The molecule has 1 aromatic rings. The minimum Gasteiger partial charge on any atom is -0.493 e. The van der Waals surface area contributed by atoms with E-state index in [1.165, 1.54) is 0 Å². The molecule has 0 heterocycles. The van der Waals surface area contributed by atoms with Gasteiger partial charge in [0.25, 0.3) is 5.91 Å². The summed E-state index contributed by atoms with van der Waals surface area (Å²) in [6, 6.07) is 7.32. The molecule has 0 spiro atoms. The fourth-order valence-corrected chi connectivity index (χ4v) is 2.28. The van der Waals surface area contributed by atoms with Gasteiger partial charge in [0.05, 0.1) is 12.2 Å². The van der Waals surface area contributed by atoms with Gasteiger partial charge in [-0.1, -0.05) is 12.1 Å². The third kappa shape index (κ3) is 3.56. The second-order valence-corrected chi connectivity index (χ2v) is 4.72. The van der Waals surface area contributed by atoms with Crippen molar-refractivity contribution in [3.63, 3.8) is 0 Å². The summed E-state index contributed by atoms with van der Waals surface area (Å²) in [5.74, 6) is 0.776. The highest BCUT2D eigenvalue weighted by molar-refractivity contribution is 5.97. The monoisotopic (exact) mass is 261 g/mol. The zero-order chi connectivity index (χ0) is 13.7. The molecule has 0 radical (unpaired) electrons. The van der Waals surface area contributed by atoms with Crippen LogP contribution in [0.5, 0.6) is 5.75 Å². The van der Waals surface area contributed by atoms with Gasteiger partial charge in [0, 0.05) is 18.9 Å². The largest absolute Gasteiger partial charge is 0.493 e. The summed E-state index contributed by atoms with van der Waals surface area (Å²) in [6.07, 6.45) is 2.61. The van der Waals surface area contributed by atoms with E-state index in [9.17, 15) is 9.59 Å². The first-order valence-electron chi connectivity index (χ1n) is 6.75. The van der Waals surface area contributed by atoms with Crippen LogP contribution in [0.25, 0.3) is 0 Å². The highest BCUT2D eigenvalue weighted by atomic mass is 16.5. The van der Waals surface area contributed by atoms with Gasteiger partial charge in [0.2, 0.25) is 0 Å². The standard InChI is InChI=1S/C15H19NO3/c1-2-19-14-6-4-3-5-13(14)15(18)16-11-7-9-12(17)10-8-11/h3-6,11H,2,7-10H2,1H3,(H,16,18). The summed E-state index contributed by atoms with van der Waals surface area (Å²) in [4.78, 5) is 23.4. The Morgan fingerprint density at radius 1 is 1.32 bits per heavy atom. The van der Waals surface area contributed by atoms with Crippen molar-refractivity contribution in [2.75, 3.05) is 6.61 Å². The lowest BCUT2D eigenvalue weighted by atomic mass is 9.94. The number of amides is 1. The van der Waals surface area contributed by atoms with E-state index in [0.29, 0.717) is 36.5 Å². The molecule has 102 valence electrons. The van der Waals surface area contributed by atoms with Crippen LogP contribution in [0.4, 0.5) is 0 Å². The van der Waals surface area contributed by atoms with Crippen molar-refractivity contribution < 1.29 is 14.3 Å². The summed E-state index contributed by atoms with van der Waals surface area (Å²) in [7, 11) is 0. The number of carbonyl (C=O) groups is 2. The van der Waals surface area contributed by atoms with Crippen LogP contribution in [0.1, 0.15) is 43.0 Å². The second kappa shape index (κ2) is 6.36. The van der Waals surface area contributed by atoms with E-state index in [2.05, 4.69) is 5.32 Å². The Bertz CT molecular complexity index is 460. The predicted molar refractivity (Wildman–Crippen MR) is 72.3 cm³/mol. The highest BCUT2D eigenvalue weighted by Crippen LogP contribution is 2.20. The maximum absolute atomic E-state index is 12.2. The molecule has 4 nitrogen and oxygen atoms in total. The van der Waals surface area contributed by atoms with Crippen LogP contribution in [0.2, 0.25) is 0 Å². The van der Waals surface area contributed by atoms with Crippen LogP contribution in [-0.2, 0) is 4.79 Å². The summed E-state index contributed by atoms with van der Waals surface area (Å²) in [5.41, 5.74) is 0.557. The lowest BCUT2D eigenvalue weighted by Crippen LogP contribution is -2.37. The molecule has 19 heavy (non-hydrogen) atoms. The Morgan fingerprint density at radius 3 is 2.68 bits per heavy atom. The molecule has 0 saturated heterocycles. The van der Waals surface area contributed by atoms with Gasteiger partial charge in [-0.25, -0.2) is 0 Å². The van der Waals surface area contributed by atoms with E-state index < -0.39 is 0 Å². The Balaban J connectivity index is 2.01. The first-order chi connectivity index (χ1) is 9.20. The van der Waals surface area contributed by atoms with Crippen LogP contribution in [0, 0.1) is 0 Å². The molecule has 1 N–H and O–H groups in total. The van der Waals surface area contributed by atoms with Gasteiger partial charge in [-0.2, -0.15) is 0 Å². The Labute approximate surface area is 113 Å². The average molecular weight is 261 g/mol. The first kappa shape index (κ1) is 13.6.